The molecule has 0 aliphatic carbocycles. The van der Waals surface area contributed by atoms with Crippen molar-refractivity contribution in [3.05, 3.63) is 95.1 Å². The Hall–Kier alpha value is -4.61. The summed E-state index contributed by atoms with van der Waals surface area (Å²) in [5.41, 5.74) is 5.43. The highest BCUT2D eigenvalue weighted by atomic mass is 16.5. The van der Waals surface area contributed by atoms with Gasteiger partial charge in [-0.3, -0.25) is 0 Å². The molecular weight excluding hydrogens is 396 g/mol. The average molecular weight is 416 g/mol. The zero-order valence-corrected chi connectivity index (χ0v) is 17.8. The summed E-state index contributed by atoms with van der Waals surface area (Å²) >= 11 is 0. The summed E-state index contributed by atoms with van der Waals surface area (Å²) in [5.74, 6) is 1.98. The molecule has 5 heteroatoms. The third-order valence-corrected chi connectivity index (χ3v) is 5.05. The van der Waals surface area contributed by atoms with Crippen molar-refractivity contribution in [2.45, 2.75) is 13.8 Å². The Bertz CT molecular complexity index is 1380. The number of rotatable bonds is 5. The summed E-state index contributed by atoms with van der Waals surface area (Å²) in [6, 6.07) is 24.9. The van der Waals surface area contributed by atoms with E-state index in [2.05, 4.69) is 11.4 Å². The van der Waals surface area contributed by atoms with Gasteiger partial charge in [0.25, 0.3) is 0 Å². The van der Waals surface area contributed by atoms with Crippen molar-refractivity contribution >= 4 is 28.5 Å². The highest BCUT2D eigenvalue weighted by Crippen LogP contribution is 2.34. The van der Waals surface area contributed by atoms with Crippen LogP contribution in [0.2, 0.25) is 0 Å². The molecule has 4 rings (SSSR count). The van der Waals surface area contributed by atoms with Gasteiger partial charge in [-0.05, 0) is 85.1 Å². The van der Waals surface area contributed by atoms with Crippen LogP contribution in [0.15, 0.2) is 72.8 Å². The number of para-hydroxylation sites is 1. The average Bonchev–Trinajstić information content (AvgIpc) is 2.80. The Morgan fingerprint density at radius 2 is 1.66 bits per heavy atom. The number of aryl methyl sites for hydroxylation is 2. The summed E-state index contributed by atoms with van der Waals surface area (Å²) in [4.78, 5) is 4.76. The molecule has 0 amide bonds. The van der Waals surface area contributed by atoms with Gasteiger partial charge < -0.3 is 10.1 Å². The second kappa shape index (κ2) is 9.04. The largest absolute Gasteiger partial charge is 0.457 e. The monoisotopic (exact) mass is 416 g/mol. The van der Waals surface area contributed by atoms with Crippen LogP contribution in [0.5, 0.6) is 11.5 Å². The van der Waals surface area contributed by atoms with E-state index in [1.807, 2.05) is 62.4 Å². The molecule has 0 saturated heterocycles. The van der Waals surface area contributed by atoms with Crippen molar-refractivity contribution in [3.8, 4) is 23.6 Å². The Labute approximate surface area is 186 Å². The van der Waals surface area contributed by atoms with Gasteiger partial charge in [0.15, 0.2) is 0 Å². The number of hydrogen-bond donors (Lipinski definition) is 1. The van der Waals surface area contributed by atoms with Gasteiger partial charge in [0, 0.05) is 23.2 Å². The molecular formula is C27H20N4O. The van der Waals surface area contributed by atoms with Gasteiger partial charge in [-0.2, -0.15) is 10.5 Å². The fourth-order valence-corrected chi connectivity index (χ4v) is 3.57. The number of anilines is 2. The molecule has 0 aliphatic rings. The molecule has 1 N–H and O–H groups in total. The van der Waals surface area contributed by atoms with E-state index >= 15 is 0 Å². The SMILES string of the molecule is Cc1cc(/C=C/C#N)cc(C)c1Nc1cc(Oc2ccc(C#N)cc2)c2ccccc2n1. The number of aromatic nitrogens is 1. The maximum atomic E-state index is 9.02. The van der Waals surface area contributed by atoms with E-state index in [1.165, 1.54) is 6.08 Å². The van der Waals surface area contributed by atoms with Gasteiger partial charge >= 0.3 is 0 Å². The van der Waals surface area contributed by atoms with Gasteiger partial charge in [-0.1, -0.05) is 12.1 Å². The number of benzene rings is 3. The van der Waals surface area contributed by atoms with E-state index < -0.39 is 0 Å². The number of fused-ring (bicyclic) bond motifs is 1. The van der Waals surface area contributed by atoms with Gasteiger partial charge in [-0.25, -0.2) is 4.98 Å². The Balaban J connectivity index is 1.72. The lowest BCUT2D eigenvalue weighted by Crippen LogP contribution is -2.00. The van der Waals surface area contributed by atoms with Crippen molar-refractivity contribution in [1.82, 2.24) is 4.98 Å². The lowest BCUT2D eigenvalue weighted by molar-refractivity contribution is 0.488. The van der Waals surface area contributed by atoms with Crippen LogP contribution in [0.1, 0.15) is 22.3 Å². The second-order valence-corrected chi connectivity index (χ2v) is 7.38. The molecule has 0 bridgehead atoms. The number of hydrogen-bond acceptors (Lipinski definition) is 5. The minimum Gasteiger partial charge on any atom is -0.457 e. The van der Waals surface area contributed by atoms with Crippen LogP contribution in [0, 0.1) is 36.5 Å². The summed E-state index contributed by atoms with van der Waals surface area (Å²) in [6.45, 7) is 4.04. The van der Waals surface area contributed by atoms with Crippen LogP contribution in [0.3, 0.4) is 0 Å². The molecule has 1 heterocycles. The molecule has 1 aromatic heterocycles. The number of pyridine rings is 1. The molecule has 3 aromatic carbocycles. The molecule has 0 spiro atoms. The van der Waals surface area contributed by atoms with Gasteiger partial charge in [0.2, 0.25) is 0 Å². The Morgan fingerprint density at radius 3 is 2.34 bits per heavy atom. The first kappa shape index (κ1) is 20.7. The fourth-order valence-electron chi connectivity index (χ4n) is 3.57. The zero-order chi connectivity index (χ0) is 22.5. The zero-order valence-electron chi connectivity index (χ0n) is 17.8. The lowest BCUT2D eigenvalue weighted by atomic mass is 10.0. The van der Waals surface area contributed by atoms with E-state index in [1.54, 1.807) is 30.3 Å². The first-order valence-corrected chi connectivity index (χ1v) is 10.1. The highest BCUT2D eigenvalue weighted by Gasteiger charge is 2.11. The summed E-state index contributed by atoms with van der Waals surface area (Å²) < 4.78 is 6.16. The van der Waals surface area contributed by atoms with Gasteiger partial charge in [0.05, 0.1) is 23.2 Å². The fraction of sp³-hybridized carbons (Fsp3) is 0.0741. The molecule has 4 aromatic rings. The topological polar surface area (TPSA) is 81.7 Å². The molecule has 5 nitrogen and oxygen atoms in total. The second-order valence-electron chi connectivity index (χ2n) is 7.38. The van der Waals surface area contributed by atoms with Gasteiger partial charge in [-0.15, -0.1) is 0 Å². The normalized spacial score (nSPS) is 10.6. The van der Waals surface area contributed by atoms with Crippen molar-refractivity contribution in [2.75, 3.05) is 5.32 Å². The van der Waals surface area contributed by atoms with E-state index in [0.29, 0.717) is 22.9 Å². The molecule has 32 heavy (non-hydrogen) atoms. The maximum Gasteiger partial charge on any atom is 0.140 e. The minimum atomic E-state index is 0.582. The van der Waals surface area contributed by atoms with Crippen LogP contribution < -0.4 is 10.1 Å². The number of ether oxygens (including phenoxy) is 1. The molecule has 0 saturated carbocycles. The summed E-state index contributed by atoms with van der Waals surface area (Å²) in [6.07, 6.45) is 3.26. The number of nitrogens with one attached hydrogen (secondary N) is 1. The van der Waals surface area contributed by atoms with Crippen LogP contribution in [0.4, 0.5) is 11.5 Å². The predicted molar refractivity (Wildman–Crippen MR) is 127 cm³/mol. The number of nitrogens with zero attached hydrogens (tertiary/aromatic N) is 3. The van der Waals surface area contributed by atoms with E-state index in [-0.39, 0.29) is 0 Å². The third kappa shape index (κ3) is 4.43. The van der Waals surface area contributed by atoms with Crippen LogP contribution in [0.25, 0.3) is 17.0 Å². The molecule has 0 fully saturated rings. The first-order valence-electron chi connectivity index (χ1n) is 10.1. The van der Waals surface area contributed by atoms with E-state index in [9.17, 15) is 0 Å². The van der Waals surface area contributed by atoms with Crippen molar-refractivity contribution < 1.29 is 4.74 Å². The standard InChI is InChI=1S/C27H20N4O/c1-18-14-21(6-5-13-28)15-19(2)27(18)31-26-16-25(23-7-3-4-8-24(23)30-26)32-22-11-9-20(17-29)10-12-22/h3-12,14-16H,1-2H3,(H,30,31)/b6-5+. The van der Waals surface area contributed by atoms with Crippen LogP contribution >= 0.6 is 0 Å². The summed E-state index contributed by atoms with van der Waals surface area (Å²) in [5, 5.41) is 22.1. The molecule has 0 unspecified atom stereocenters. The minimum absolute atomic E-state index is 0.582. The maximum absolute atomic E-state index is 9.02. The van der Waals surface area contributed by atoms with Crippen molar-refractivity contribution in [2.24, 2.45) is 0 Å². The van der Waals surface area contributed by atoms with Crippen LogP contribution in [-0.2, 0) is 0 Å². The van der Waals surface area contributed by atoms with E-state index in [4.69, 9.17) is 20.2 Å². The van der Waals surface area contributed by atoms with Crippen LogP contribution in [-0.4, -0.2) is 4.98 Å². The lowest BCUT2D eigenvalue weighted by Gasteiger charge is -2.16. The molecule has 0 aliphatic heterocycles. The predicted octanol–water partition coefficient (Wildman–Crippen LogP) is 6.80. The van der Waals surface area contributed by atoms with E-state index in [0.717, 1.165) is 33.3 Å². The molecule has 154 valence electrons. The highest BCUT2D eigenvalue weighted by molar-refractivity contribution is 5.88. The van der Waals surface area contributed by atoms with Crippen molar-refractivity contribution in [3.63, 3.8) is 0 Å². The Morgan fingerprint density at radius 1 is 0.938 bits per heavy atom. The summed E-state index contributed by atoms with van der Waals surface area (Å²) in [7, 11) is 0. The third-order valence-electron chi connectivity index (χ3n) is 5.05. The smallest absolute Gasteiger partial charge is 0.140 e. The van der Waals surface area contributed by atoms with Crippen molar-refractivity contribution in [1.29, 1.82) is 10.5 Å². The Kier molecular flexibility index (Phi) is 5.83. The molecule has 0 atom stereocenters. The quantitative estimate of drug-likeness (QED) is 0.362. The molecule has 0 radical (unpaired) electrons. The number of nitriles is 2. The number of allylic oxidation sites excluding steroid dienone is 1. The first-order chi connectivity index (χ1) is 15.6. The van der Waals surface area contributed by atoms with Gasteiger partial charge in [0.1, 0.15) is 17.3 Å².